The number of hydrogen-bond acceptors (Lipinski definition) is 6. The first-order chi connectivity index (χ1) is 19.3. The molecule has 3 aromatic rings. The lowest BCUT2D eigenvalue weighted by Gasteiger charge is -2.32. The number of benzene rings is 1. The Labute approximate surface area is 235 Å². The molecular formula is C29H34FN5O4S. The lowest BCUT2D eigenvalue weighted by molar-refractivity contribution is -0.128. The van der Waals surface area contributed by atoms with Gasteiger partial charge in [-0.25, -0.2) is 14.2 Å². The second kappa shape index (κ2) is 12.4. The van der Waals surface area contributed by atoms with E-state index in [0.29, 0.717) is 32.1 Å². The number of thioether (sulfide) groups is 1. The molecule has 9 nitrogen and oxygen atoms in total. The second-order valence-electron chi connectivity index (χ2n) is 10.7. The third-order valence-corrected chi connectivity index (χ3v) is 8.91. The molecule has 2 amide bonds. The molecule has 1 atom stereocenters. The quantitative estimate of drug-likeness (QED) is 0.454. The van der Waals surface area contributed by atoms with Gasteiger partial charge in [0.1, 0.15) is 17.5 Å². The zero-order valence-electron chi connectivity index (χ0n) is 22.5. The van der Waals surface area contributed by atoms with Gasteiger partial charge in [-0.15, -0.1) is 0 Å². The Bertz CT molecular complexity index is 1490. The van der Waals surface area contributed by atoms with Crippen molar-refractivity contribution in [2.24, 2.45) is 0 Å². The van der Waals surface area contributed by atoms with Gasteiger partial charge in [0, 0.05) is 31.5 Å². The maximum Gasteiger partial charge on any atom is 0.333 e. The average molecular weight is 568 g/mol. The fourth-order valence-corrected chi connectivity index (χ4v) is 6.97. The molecule has 1 saturated heterocycles. The first-order valence-corrected chi connectivity index (χ1v) is 15.0. The smallest absolute Gasteiger partial charge is 0.333 e. The number of rotatable bonds is 7. The van der Waals surface area contributed by atoms with E-state index in [-0.39, 0.29) is 41.0 Å². The van der Waals surface area contributed by atoms with Crippen LogP contribution in [0.1, 0.15) is 63.1 Å². The van der Waals surface area contributed by atoms with Crippen LogP contribution in [0, 0.1) is 5.82 Å². The monoisotopic (exact) mass is 567 g/mol. The molecule has 1 aromatic carbocycles. The summed E-state index contributed by atoms with van der Waals surface area (Å²) in [6, 6.07) is 9.37. The molecule has 0 radical (unpaired) electrons. The number of carbonyl (C=O) groups excluding carboxylic acids is 2. The highest BCUT2D eigenvalue weighted by Crippen LogP contribution is 2.30. The van der Waals surface area contributed by atoms with E-state index in [2.05, 4.69) is 15.6 Å². The van der Waals surface area contributed by atoms with Gasteiger partial charge in [0.2, 0.25) is 11.8 Å². The molecule has 0 bridgehead atoms. The van der Waals surface area contributed by atoms with E-state index in [1.165, 1.54) is 17.6 Å². The number of halogens is 1. The maximum atomic E-state index is 14.2. The normalized spacial score (nSPS) is 20.6. The molecule has 2 fully saturated rings. The van der Waals surface area contributed by atoms with Crippen LogP contribution in [-0.4, -0.2) is 49.5 Å². The van der Waals surface area contributed by atoms with Gasteiger partial charge >= 0.3 is 5.69 Å². The number of fused-ring (bicyclic) bond motifs is 1. The predicted octanol–water partition coefficient (Wildman–Crippen LogP) is 3.11. The SMILES string of the molecule is CC(=O)N[C@@H](Cc1ccccc1)C(=O)N[C@H]1CC[C@@H](n2c(=O)c3cc(F)cnc3n(C3CCSCC3)c2=O)CC1. The summed E-state index contributed by atoms with van der Waals surface area (Å²) in [4.78, 5) is 56.4. The van der Waals surface area contributed by atoms with Gasteiger partial charge in [0.05, 0.1) is 11.6 Å². The molecule has 1 saturated carbocycles. The Balaban J connectivity index is 1.34. The van der Waals surface area contributed by atoms with Crippen molar-refractivity contribution in [2.75, 3.05) is 11.5 Å². The summed E-state index contributed by atoms with van der Waals surface area (Å²) in [5.41, 5.74) is 0.270. The van der Waals surface area contributed by atoms with Gasteiger partial charge in [0.25, 0.3) is 5.56 Å². The Morgan fingerprint density at radius 3 is 2.38 bits per heavy atom. The minimum absolute atomic E-state index is 0.0907. The Kier molecular flexibility index (Phi) is 8.68. The highest BCUT2D eigenvalue weighted by Gasteiger charge is 2.31. The molecule has 1 aliphatic carbocycles. The van der Waals surface area contributed by atoms with Gasteiger partial charge < -0.3 is 10.6 Å². The van der Waals surface area contributed by atoms with Crippen molar-refractivity contribution >= 4 is 34.6 Å². The number of aromatic nitrogens is 3. The first-order valence-electron chi connectivity index (χ1n) is 13.8. The fraction of sp³-hybridized carbons (Fsp3) is 0.483. The molecule has 5 rings (SSSR count). The zero-order valence-corrected chi connectivity index (χ0v) is 23.3. The number of nitrogens with one attached hydrogen (secondary N) is 2. The van der Waals surface area contributed by atoms with Gasteiger partial charge in [-0.05, 0) is 61.7 Å². The minimum Gasteiger partial charge on any atom is -0.352 e. The van der Waals surface area contributed by atoms with E-state index in [1.807, 2.05) is 42.1 Å². The zero-order chi connectivity index (χ0) is 28.2. The van der Waals surface area contributed by atoms with Gasteiger partial charge in [-0.1, -0.05) is 30.3 Å². The predicted molar refractivity (Wildman–Crippen MR) is 153 cm³/mol. The third-order valence-electron chi connectivity index (χ3n) is 7.86. The molecule has 2 aliphatic rings. The fourth-order valence-electron chi connectivity index (χ4n) is 5.88. The molecule has 40 heavy (non-hydrogen) atoms. The molecule has 2 aromatic heterocycles. The van der Waals surface area contributed by atoms with E-state index in [4.69, 9.17) is 0 Å². The highest BCUT2D eigenvalue weighted by atomic mass is 32.2. The Morgan fingerprint density at radius 2 is 1.70 bits per heavy atom. The van der Waals surface area contributed by atoms with Crippen LogP contribution in [0.2, 0.25) is 0 Å². The highest BCUT2D eigenvalue weighted by molar-refractivity contribution is 7.99. The van der Waals surface area contributed by atoms with Crippen LogP contribution in [-0.2, 0) is 16.0 Å². The summed E-state index contributed by atoms with van der Waals surface area (Å²) in [5.74, 6) is 0.663. The van der Waals surface area contributed by atoms with Crippen molar-refractivity contribution in [3.8, 4) is 0 Å². The van der Waals surface area contributed by atoms with E-state index in [1.54, 1.807) is 4.57 Å². The molecule has 212 valence electrons. The van der Waals surface area contributed by atoms with Crippen LogP contribution >= 0.6 is 11.8 Å². The van der Waals surface area contributed by atoms with Crippen LogP contribution in [0.3, 0.4) is 0 Å². The summed E-state index contributed by atoms with van der Waals surface area (Å²) in [5, 5.41) is 5.93. The number of carbonyl (C=O) groups is 2. The lowest BCUT2D eigenvalue weighted by Crippen LogP contribution is -2.51. The summed E-state index contributed by atoms with van der Waals surface area (Å²) in [6.45, 7) is 1.39. The standard InChI is InChI=1S/C29H34FN5O4S/c1-18(36)32-25(15-19-5-3-2-4-6-19)27(37)33-21-7-9-22(10-8-21)35-28(38)24-16-20(30)17-31-26(24)34(29(35)39)23-11-13-40-14-12-23/h2-6,16-17,21-23,25H,7-15H2,1H3,(H,32,36)(H,33,37)/t21-,22+,25-/m0/s1. The summed E-state index contributed by atoms with van der Waals surface area (Å²) >= 11 is 1.83. The third kappa shape index (κ3) is 6.14. The lowest BCUT2D eigenvalue weighted by atomic mass is 9.90. The molecule has 11 heteroatoms. The van der Waals surface area contributed by atoms with Gasteiger partial charge in [-0.3, -0.25) is 23.5 Å². The van der Waals surface area contributed by atoms with Crippen LogP contribution in [0.4, 0.5) is 4.39 Å². The topological polar surface area (TPSA) is 115 Å². The molecule has 2 N–H and O–H groups in total. The molecule has 0 unspecified atom stereocenters. The molecule has 0 spiro atoms. The van der Waals surface area contributed by atoms with Crippen LogP contribution in [0.5, 0.6) is 0 Å². The second-order valence-corrected chi connectivity index (χ2v) is 11.9. The van der Waals surface area contributed by atoms with Crippen molar-refractivity contribution in [3.63, 3.8) is 0 Å². The number of pyridine rings is 1. The molecular weight excluding hydrogens is 533 g/mol. The minimum atomic E-state index is -0.705. The van der Waals surface area contributed by atoms with Crippen LogP contribution in [0.25, 0.3) is 11.0 Å². The van der Waals surface area contributed by atoms with Crippen molar-refractivity contribution in [3.05, 3.63) is 74.8 Å². The van der Waals surface area contributed by atoms with Crippen LogP contribution < -0.4 is 21.9 Å². The van der Waals surface area contributed by atoms with E-state index < -0.39 is 23.1 Å². The van der Waals surface area contributed by atoms with Crippen molar-refractivity contribution in [2.45, 2.75) is 76.0 Å². The summed E-state index contributed by atoms with van der Waals surface area (Å²) in [7, 11) is 0. The van der Waals surface area contributed by atoms with E-state index in [9.17, 15) is 23.6 Å². The van der Waals surface area contributed by atoms with Gasteiger partial charge in [-0.2, -0.15) is 11.8 Å². The van der Waals surface area contributed by atoms with Gasteiger partial charge in [0.15, 0.2) is 0 Å². The van der Waals surface area contributed by atoms with Crippen molar-refractivity contribution in [1.82, 2.24) is 24.8 Å². The molecule has 1 aliphatic heterocycles. The molecule has 3 heterocycles. The Hall–Kier alpha value is -3.47. The number of nitrogens with zero attached hydrogens (tertiary/aromatic N) is 3. The number of hydrogen-bond donors (Lipinski definition) is 2. The van der Waals surface area contributed by atoms with Crippen LogP contribution in [0.15, 0.2) is 52.2 Å². The summed E-state index contributed by atoms with van der Waals surface area (Å²) in [6.07, 6.45) is 5.16. The first kappa shape index (κ1) is 28.1. The van der Waals surface area contributed by atoms with E-state index in [0.717, 1.165) is 36.1 Å². The Morgan fingerprint density at radius 1 is 1.02 bits per heavy atom. The summed E-state index contributed by atoms with van der Waals surface area (Å²) < 4.78 is 17.0. The van der Waals surface area contributed by atoms with E-state index >= 15 is 0 Å². The average Bonchev–Trinajstić information content (AvgIpc) is 2.95. The largest absolute Gasteiger partial charge is 0.352 e. The van der Waals surface area contributed by atoms with Crippen molar-refractivity contribution in [1.29, 1.82) is 0 Å². The number of amides is 2. The van der Waals surface area contributed by atoms with Crippen molar-refractivity contribution < 1.29 is 14.0 Å². The maximum absolute atomic E-state index is 14.2.